The molecule has 3 unspecified atom stereocenters. The zero-order valence-corrected chi connectivity index (χ0v) is 9.75. The van der Waals surface area contributed by atoms with Gasteiger partial charge in [0.25, 0.3) is 0 Å². The Morgan fingerprint density at radius 2 is 1.88 bits per heavy atom. The Balaban J connectivity index is 2.79. The van der Waals surface area contributed by atoms with Gasteiger partial charge in [0.1, 0.15) is 12.2 Å². The average Bonchev–Trinajstić information content (AvgIpc) is 2.52. The van der Waals surface area contributed by atoms with Crippen molar-refractivity contribution in [3.8, 4) is 0 Å². The molecule has 0 aromatic carbocycles. The Bertz CT molecular complexity index is 239. The van der Waals surface area contributed by atoms with E-state index in [1.54, 1.807) is 13.8 Å². The molecule has 96 valence electrons. The van der Waals surface area contributed by atoms with Gasteiger partial charge in [0, 0.05) is 0 Å². The molecule has 0 aromatic heterocycles. The van der Waals surface area contributed by atoms with E-state index in [-0.39, 0.29) is 0 Å². The number of hydrogen-bond donors (Lipinski definition) is 4. The van der Waals surface area contributed by atoms with Crippen molar-refractivity contribution in [1.82, 2.24) is 0 Å². The van der Waals surface area contributed by atoms with E-state index in [0.717, 1.165) is 0 Å². The van der Waals surface area contributed by atoms with Gasteiger partial charge in [0.05, 0.1) is 12.7 Å². The molecule has 1 aliphatic rings. The van der Waals surface area contributed by atoms with Gasteiger partial charge in [0.15, 0.2) is 5.79 Å². The minimum atomic E-state index is -2.58. The molecule has 1 aliphatic heterocycles. The highest BCUT2D eigenvalue weighted by Gasteiger charge is 2.50. The molecule has 1 fully saturated rings. The first-order valence-corrected chi connectivity index (χ1v) is 5.33. The lowest BCUT2D eigenvalue weighted by Gasteiger charge is -2.31. The van der Waals surface area contributed by atoms with Crippen LogP contribution in [-0.2, 0) is 9.47 Å². The molecule has 0 spiro atoms. The maximum absolute atomic E-state index is 9.75. The Kier molecular flexibility index (Phi) is 3.94. The highest BCUT2D eigenvalue weighted by atomic mass is 16.8. The molecule has 6 nitrogen and oxygen atoms in total. The summed E-state index contributed by atoms with van der Waals surface area (Å²) in [4.78, 5) is 0. The maximum atomic E-state index is 9.75. The average molecular weight is 236 g/mol. The fourth-order valence-electron chi connectivity index (χ4n) is 1.80. The van der Waals surface area contributed by atoms with Gasteiger partial charge < -0.3 is 29.9 Å². The fraction of sp³-hybridized carbons (Fsp3) is 1.00. The lowest BCUT2D eigenvalue weighted by atomic mass is 9.99. The summed E-state index contributed by atoms with van der Waals surface area (Å²) in [5.74, 6) is -3.46. The van der Waals surface area contributed by atoms with Crippen LogP contribution in [0.15, 0.2) is 0 Å². The second kappa shape index (κ2) is 4.56. The molecule has 0 aliphatic carbocycles. The van der Waals surface area contributed by atoms with Crippen LogP contribution >= 0.6 is 0 Å². The third-order valence-electron chi connectivity index (χ3n) is 2.64. The molecular weight excluding hydrogens is 216 g/mol. The van der Waals surface area contributed by atoms with E-state index in [4.69, 9.17) is 14.6 Å². The van der Waals surface area contributed by atoms with Crippen molar-refractivity contribution in [3.63, 3.8) is 0 Å². The van der Waals surface area contributed by atoms with Gasteiger partial charge in [-0.15, -0.1) is 0 Å². The molecule has 3 atom stereocenters. The van der Waals surface area contributed by atoms with Crippen molar-refractivity contribution < 1.29 is 29.9 Å². The van der Waals surface area contributed by atoms with Crippen molar-refractivity contribution in [1.29, 1.82) is 0 Å². The fourth-order valence-corrected chi connectivity index (χ4v) is 1.80. The molecule has 16 heavy (non-hydrogen) atoms. The minimum absolute atomic E-state index is 0.435. The predicted molar refractivity (Wildman–Crippen MR) is 54.4 cm³/mol. The van der Waals surface area contributed by atoms with E-state index in [9.17, 15) is 15.3 Å². The van der Waals surface area contributed by atoms with Gasteiger partial charge in [-0.05, 0) is 20.3 Å². The summed E-state index contributed by atoms with van der Waals surface area (Å²) in [5, 5.41) is 37.2. The summed E-state index contributed by atoms with van der Waals surface area (Å²) >= 11 is 0. The van der Waals surface area contributed by atoms with Crippen LogP contribution in [0.3, 0.4) is 0 Å². The van der Waals surface area contributed by atoms with E-state index in [1.165, 1.54) is 0 Å². The lowest BCUT2D eigenvalue weighted by Crippen LogP contribution is -2.54. The summed E-state index contributed by atoms with van der Waals surface area (Å²) in [5.41, 5.74) is 0. The van der Waals surface area contributed by atoms with E-state index in [2.05, 4.69) is 0 Å². The first kappa shape index (κ1) is 13.8. The summed E-state index contributed by atoms with van der Waals surface area (Å²) in [7, 11) is 0. The topological polar surface area (TPSA) is 99.4 Å². The zero-order chi connectivity index (χ0) is 12.6. The van der Waals surface area contributed by atoms with Crippen molar-refractivity contribution in [2.45, 2.75) is 57.1 Å². The summed E-state index contributed by atoms with van der Waals surface area (Å²) in [6.07, 6.45) is -2.37. The smallest absolute Gasteiger partial charge is 0.216 e. The van der Waals surface area contributed by atoms with E-state index >= 15 is 0 Å². The number of hydrogen-bond acceptors (Lipinski definition) is 6. The second-order valence-corrected chi connectivity index (χ2v) is 4.53. The number of aliphatic hydroxyl groups excluding tert-OH is 2. The lowest BCUT2D eigenvalue weighted by molar-refractivity contribution is -0.270. The minimum Gasteiger partial charge on any atom is -0.391 e. The summed E-state index contributed by atoms with van der Waals surface area (Å²) < 4.78 is 10.9. The molecule has 4 N–H and O–H groups in total. The Morgan fingerprint density at radius 1 is 1.31 bits per heavy atom. The number of rotatable bonds is 4. The Morgan fingerprint density at radius 3 is 2.31 bits per heavy atom. The van der Waals surface area contributed by atoms with Crippen molar-refractivity contribution >= 4 is 0 Å². The van der Waals surface area contributed by atoms with E-state index < -0.39 is 36.5 Å². The summed E-state index contributed by atoms with van der Waals surface area (Å²) in [6, 6.07) is 0. The van der Waals surface area contributed by atoms with Gasteiger partial charge >= 0.3 is 0 Å². The van der Waals surface area contributed by atoms with Gasteiger partial charge in [0.2, 0.25) is 5.79 Å². The van der Waals surface area contributed by atoms with E-state index in [0.29, 0.717) is 6.42 Å². The highest BCUT2D eigenvalue weighted by molar-refractivity contribution is 4.91. The molecule has 1 rings (SSSR count). The van der Waals surface area contributed by atoms with Crippen LogP contribution in [0.5, 0.6) is 0 Å². The van der Waals surface area contributed by atoms with Crippen LogP contribution < -0.4 is 0 Å². The molecule has 1 saturated heterocycles. The third kappa shape index (κ3) is 2.71. The summed E-state index contributed by atoms with van der Waals surface area (Å²) in [6.45, 7) is 4.23. The van der Waals surface area contributed by atoms with Gasteiger partial charge in [-0.3, -0.25) is 0 Å². The van der Waals surface area contributed by atoms with E-state index in [1.807, 2.05) is 6.92 Å². The van der Waals surface area contributed by atoms with Crippen LogP contribution in [-0.4, -0.2) is 56.9 Å². The highest BCUT2D eigenvalue weighted by Crippen LogP contribution is 2.33. The molecule has 0 saturated carbocycles. The quantitative estimate of drug-likeness (QED) is 0.465. The molecule has 1 heterocycles. The molecule has 6 heteroatoms. The second-order valence-electron chi connectivity index (χ2n) is 4.53. The SMILES string of the molecule is CCC1OC(C)(C)OC1C(O)C(O)(O)CO. The van der Waals surface area contributed by atoms with Crippen molar-refractivity contribution in [2.24, 2.45) is 0 Å². The Labute approximate surface area is 94.4 Å². The molecule has 0 bridgehead atoms. The molecule has 0 aromatic rings. The van der Waals surface area contributed by atoms with Gasteiger partial charge in [-0.1, -0.05) is 6.92 Å². The maximum Gasteiger partial charge on any atom is 0.216 e. The molecule has 0 radical (unpaired) electrons. The number of ether oxygens (including phenoxy) is 2. The Hall–Kier alpha value is -0.240. The molecular formula is C10H20O6. The zero-order valence-electron chi connectivity index (χ0n) is 9.75. The van der Waals surface area contributed by atoms with Crippen LogP contribution in [0.25, 0.3) is 0 Å². The van der Waals surface area contributed by atoms with Gasteiger partial charge in [-0.25, -0.2) is 0 Å². The van der Waals surface area contributed by atoms with Crippen LogP contribution in [0.1, 0.15) is 27.2 Å². The predicted octanol–water partition coefficient (Wildman–Crippen LogP) is -1.05. The van der Waals surface area contributed by atoms with Crippen LogP contribution in [0, 0.1) is 0 Å². The van der Waals surface area contributed by atoms with Gasteiger partial charge in [-0.2, -0.15) is 0 Å². The normalized spacial score (nSPS) is 31.7. The van der Waals surface area contributed by atoms with Crippen LogP contribution in [0.4, 0.5) is 0 Å². The monoisotopic (exact) mass is 236 g/mol. The van der Waals surface area contributed by atoms with Crippen LogP contribution in [0.2, 0.25) is 0 Å². The number of aliphatic hydroxyl groups is 4. The van der Waals surface area contributed by atoms with Crippen molar-refractivity contribution in [2.75, 3.05) is 6.61 Å². The van der Waals surface area contributed by atoms with Crippen molar-refractivity contribution in [3.05, 3.63) is 0 Å². The standard InChI is InChI=1S/C10H20O6/c1-4-6-7(16-9(2,3)15-6)8(12)10(13,14)5-11/h6-8,11-14H,4-5H2,1-3H3. The molecule has 0 amide bonds. The largest absolute Gasteiger partial charge is 0.391 e. The first-order chi connectivity index (χ1) is 7.23. The third-order valence-corrected chi connectivity index (χ3v) is 2.64. The first-order valence-electron chi connectivity index (χ1n) is 5.33.